The Morgan fingerprint density at radius 1 is 1.06 bits per heavy atom. The van der Waals surface area contributed by atoms with Crippen molar-refractivity contribution in [1.82, 2.24) is 10.2 Å². The normalized spacial score (nSPS) is 12.2. The van der Waals surface area contributed by atoms with Gasteiger partial charge in [-0.2, -0.15) is 0 Å². The molecule has 9 heteroatoms. The minimum Gasteiger partial charge on any atom is -0.354 e. The topological polar surface area (TPSA) is 86.8 Å². The minimum absolute atomic E-state index is 0.185. The first-order chi connectivity index (χ1) is 16.5. The van der Waals surface area contributed by atoms with Gasteiger partial charge < -0.3 is 10.2 Å². The van der Waals surface area contributed by atoms with Gasteiger partial charge in [0.05, 0.1) is 11.9 Å². The van der Waals surface area contributed by atoms with Crippen molar-refractivity contribution in [3.8, 4) is 0 Å². The highest BCUT2D eigenvalue weighted by Gasteiger charge is 2.32. The van der Waals surface area contributed by atoms with E-state index in [1.807, 2.05) is 45.0 Å². The maximum atomic E-state index is 13.7. The highest BCUT2D eigenvalue weighted by Crippen LogP contribution is 2.28. The molecule has 2 aromatic carbocycles. The van der Waals surface area contributed by atoms with Crippen molar-refractivity contribution in [2.45, 2.75) is 59.5 Å². The van der Waals surface area contributed by atoms with Gasteiger partial charge >= 0.3 is 0 Å². The van der Waals surface area contributed by atoms with Gasteiger partial charge in [-0.15, -0.1) is 0 Å². The summed E-state index contributed by atoms with van der Waals surface area (Å²) in [4.78, 5) is 28.2. The Balaban J connectivity index is 2.43. The number of carbonyl (C=O) groups is 2. The number of hydrogen-bond donors (Lipinski definition) is 1. The van der Waals surface area contributed by atoms with Crippen molar-refractivity contribution < 1.29 is 18.0 Å². The molecule has 0 spiro atoms. The Bertz CT molecular complexity index is 1120. The van der Waals surface area contributed by atoms with E-state index in [9.17, 15) is 18.0 Å². The summed E-state index contributed by atoms with van der Waals surface area (Å²) in [7, 11) is -3.81. The Kier molecular flexibility index (Phi) is 10.6. The van der Waals surface area contributed by atoms with Crippen LogP contribution in [-0.4, -0.2) is 50.5 Å². The lowest BCUT2D eigenvalue weighted by Crippen LogP contribution is -2.52. The predicted octanol–water partition coefficient (Wildman–Crippen LogP) is 4.45. The number of halogens is 1. The van der Waals surface area contributed by atoms with Crippen LogP contribution >= 0.6 is 11.6 Å². The molecule has 1 N–H and O–H groups in total. The molecule has 0 saturated heterocycles. The van der Waals surface area contributed by atoms with Crippen molar-refractivity contribution in [3.63, 3.8) is 0 Å². The fraction of sp³-hybridized carbons (Fsp3) is 0.462. The maximum absolute atomic E-state index is 13.7. The van der Waals surface area contributed by atoms with Gasteiger partial charge in [-0.3, -0.25) is 13.9 Å². The highest BCUT2D eigenvalue weighted by molar-refractivity contribution is 7.92. The van der Waals surface area contributed by atoms with Crippen molar-refractivity contribution in [3.05, 3.63) is 64.2 Å². The second kappa shape index (κ2) is 12.9. The summed E-state index contributed by atoms with van der Waals surface area (Å²) < 4.78 is 26.5. The largest absolute Gasteiger partial charge is 0.354 e. The van der Waals surface area contributed by atoms with Gasteiger partial charge in [-0.05, 0) is 49.9 Å². The molecular formula is C26H36ClN3O4S. The summed E-state index contributed by atoms with van der Waals surface area (Å²) in [5, 5.41) is 3.32. The number of hydrogen-bond acceptors (Lipinski definition) is 4. The van der Waals surface area contributed by atoms with Crippen LogP contribution in [0.4, 0.5) is 5.69 Å². The summed E-state index contributed by atoms with van der Waals surface area (Å²) >= 11 is 6.23. The number of amides is 2. The zero-order valence-electron chi connectivity index (χ0n) is 21.2. The molecule has 2 aromatic rings. The minimum atomic E-state index is -3.81. The van der Waals surface area contributed by atoms with Crippen molar-refractivity contribution in [2.24, 2.45) is 0 Å². The Morgan fingerprint density at radius 3 is 2.29 bits per heavy atom. The van der Waals surface area contributed by atoms with E-state index in [-0.39, 0.29) is 12.5 Å². The first-order valence-corrected chi connectivity index (χ1v) is 14.1. The van der Waals surface area contributed by atoms with Crippen LogP contribution in [0.25, 0.3) is 0 Å². The first-order valence-electron chi connectivity index (χ1n) is 11.8. The number of benzene rings is 2. The lowest BCUT2D eigenvalue weighted by atomic mass is 10.1. The van der Waals surface area contributed by atoms with E-state index in [2.05, 4.69) is 5.32 Å². The summed E-state index contributed by atoms with van der Waals surface area (Å²) in [6.45, 7) is 7.83. The molecule has 0 saturated carbocycles. The maximum Gasteiger partial charge on any atom is 0.244 e. The van der Waals surface area contributed by atoms with Gasteiger partial charge in [0.1, 0.15) is 12.6 Å². The fourth-order valence-electron chi connectivity index (χ4n) is 3.78. The number of unbranched alkanes of at least 4 members (excludes halogenated alkanes) is 1. The number of carbonyl (C=O) groups excluding carboxylic acids is 2. The Morgan fingerprint density at radius 2 is 1.71 bits per heavy atom. The SMILES string of the molecule is CCCCNC(=O)[C@H](CC)N(Cc1ccc(C)cc1)C(=O)CN(c1cccc(Cl)c1C)S(C)(=O)=O. The highest BCUT2D eigenvalue weighted by atomic mass is 35.5. The molecule has 1 atom stereocenters. The molecule has 0 fully saturated rings. The second-order valence-electron chi connectivity index (χ2n) is 8.73. The standard InChI is InChI=1S/C26H36ClN3O4S/c1-6-8-16-28-26(32)23(7-2)29(17-21-14-12-19(3)13-15-21)25(31)18-30(35(5,33)34)24-11-9-10-22(27)20(24)4/h9-15,23H,6-8,16-18H2,1-5H3,(H,28,32)/t23-/m0/s1. The summed E-state index contributed by atoms with van der Waals surface area (Å²) in [6, 6.07) is 11.9. The number of rotatable bonds is 12. The molecule has 35 heavy (non-hydrogen) atoms. The third-order valence-corrected chi connectivity index (χ3v) is 7.41. The molecule has 0 aliphatic heterocycles. The van der Waals surface area contributed by atoms with Gasteiger partial charge in [0.2, 0.25) is 21.8 Å². The molecule has 192 valence electrons. The molecule has 0 heterocycles. The molecule has 2 amide bonds. The van der Waals surface area contributed by atoms with Crippen molar-refractivity contribution in [2.75, 3.05) is 23.7 Å². The van der Waals surface area contributed by atoms with Crippen LogP contribution in [0.2, 0.25) is 5.02 Å². The van der Waals surface area contributed by atoms with Crippen LogP contribution in [0.15, 0.2) is 42.5 Å². The smallest absolute Gasteiger partial charge is 0.244 e. The van der Waals surface area contributed by atoms with Crippen LogP contribution in [0, 0.1) is 13.8 Å². The number of sulfonamides is 1. The van der Waals surface area contributed by atoms with Crippen molar-refractivity contribution >= 4 is 39.1 Å². The zero-order valence-corrected chi connectivity index (χ0v) is 22.7. The van der Waals surface area contributed by atoms with Crippen LogP contribution in [0.3, 0.4) is 0 Å². The third kappa shape index (κ3) is 7.97. The van der Waals surface area contributed by atoms with Crippen LogP contribution in [-0.2, 0) is 26.2 Å². The van der Waals surface area contributed by atoms with E-state index in [1.54, 1.807) is 25.1 Å². The van der Waals surface area contributed by atoms with Gasteiger partial charge in [0, 0.05) is 18.1 Å². The quantitative estimate of drug-likeness (QED) is 0.418. The average molecular weight is 522 g/mol. The summed E-state index contributed by atoms with van der Waals surface area (Å²) in [6.07, 6.45) is 3.22. The van der Waals surface area contributed by atoms with Gasteiger partial charge in [0.25, 0.3) is 0 Å². The molecule has 2 rings (SSSR count). The number of nitrogens with zero attached hydrogens (tertiary/aromatic N) is 2. The lowest BCUT2D eigenvalue weighted by Gasteiger charge is -2.33. The molecule has 0 unspecified atom stereocenters. The van der Waals surface area contributed by atoms with E-state index < -0.39 is 28.5 Å². The van der Waals surface area contributed by atoms with Crippen molar-refractivity contribution in [1.29, 1.82) is 0 Å². The lowest BCUT2D eigenvalue weighted by molar-refractivity contribution is -0.140. The van der Waals surface area contributed by atoms with E-state index in [4.69, 9.17) is 11.6 Å². The monoisotopic (exact) mass is 521 g/mol. The molecular weight excluding hydrogens is 486 g/mol. The number of aryl methyl sites for hydroxylation is 1. The fourth-order valence-corrected chi connectivity index (χ4v) is 4.85. The molecule has 7 nitrogen and oxygen atoms in total. The Labute approximate surface area is 214 Å². The molecule has 0 radical (unpaired) electrons. The zero-order chi connectivity index (χ0) is 26.2. The van der Waals surface area contributed by atoms with E-state index in [0.29, 0.717) is 29.2 Å². The first kappa shape index (κ1) is 28.7. The third-order valence-electron chi connectivity index (χ3n) is 5.88. The number of anilines is 1. The Hall–Kier alpha value is -2.58. The predicted molar refractivity (Wildman–Crippen MR) is 142 cm³/mol. The van der Waals surface area contributed by atoms with E-state index >= 15 is 0 Å². The van der Waals surface area contributed by atoms with E-state index in [0.717, 1.165) is 34.5 Å². The number of nitrogens with one attached hydrogen (secondary N) is 1. The van der Waals surface area contributed by atoms with Crippen LogP contribution < -0.4 is 9.62 Å². The molecule has 0 bridgehead atoms. The summed E-state index contributed by atoms with van der Waals surface area (Å²) in [5.74, 6) is -0.709. The van der Waals surface area contributed by atoms with Gasteiger partial charge in [-0.25, -0.2) is 8.42 Å². The molecule has 0 aliphatic rings. The van der Waals surface area contributed by atoms with Gasteiger partial charge in [0.15, 0.2) is 0 Å². The van der Waals surface area contributed by atoms with Crippen LogP contribution in [0.1, 0.15) is 49.8 Å². The summed E-state index contributed by atoms with van der Waals surface area (Å²) in [5.41, 5.74) is 2.83. The van der Waals surface area contributed by atoms with E-state index in [1.165, 1.54) is 4.90 Å². The average Bonchev–Trinajstić information content (AvgIpc) is 2.80. The molecule has 0 aromatic heterocycles. The van der Waals surface area contributed by atoms with Gasteiger partial charge in [-0.1, -0.05) is 67.8 Å². The van der Waals surface area contributed by atoms with Crippen LogP contribution in [0.5, 0.6) is 0 Å². The second-order valence-corrected chi connectivity index (χ2v) is 11.0. The molecule has 0 aliphatic carbocycles.